The number of fused-ring (bicyclic) bond motifs is 1. The number of rotatable bonds is 7. The van der Waals surface area contributed by atoms with Gasteiger partial charge in [-0.25, -0.2) is 4.39 Å². The third-order valence-electron chi connectivity index (χ3n) is 8.20. The Hall–Kier alpha value is -1.78. The first-order valence-electron chi connectivity index (χ1n) is 12.8. The van der Waals surface area contributed by atoms with Gasteiger partial charge in [-0.05, 0) is 79.2 Å². The summed E-state index contributed by atoms with van der Waals surface area (Å²) >= 11 is 0. The molecule has 2 fully saturated rings. The zero-order valence-electron chi connectivity index (χ0n) is 19.6. The summed E-state index contributed by atoms with van der Waals surface area (Å²) in [5.41, 5.74) is 1.11. The highest BCUT2D eigenvalue weighted by Crippen LogP contribution is 2.43. The Bertz CT molecular complexity index is 906. The zero-order chi connectivity index (χ0) is 23.4. The van der Waals surface area contributed by atoms with Crippen LogP contribution in [0.15, 0.2) is 30.3 Å². The number of alkyl halides is 3. The van der Waals surface area contributed by atoms with Crippen molar-refractivity contribution < 1.29 is 22.3 Å². The molecule has 0 spiro atoms. The van der Waals surface area contributed by atoms with E-state index in [1.54, 1.807) is 6.07 Å². The number of ether oxygens (including phenoxy) is 1. The second-order valence-electron chi connectivity index (χ2n) is 10.4. The average Bonchev–Trinajstić information content (AvgIpc) is 2.80. The Kier molecular flexibility index (Phi) is 7.86. The number of aryl methyl sites for hydroxylation is 1. The van der Waals surface area contributed by atoms with E-state index in [1.807, 2.05) is 12.1 Å². The number of halogens is 4. The second kappa shape index (κ2) is 10.7. The summed E-state index contributed by atoms with van der Waals surface area (Å²) in [7, 11) is 0. The fourth-order valence-electron chi connectivity index (χ4n) is 6.36. The Morgan fingerprint density at radius 3 is 2.00 bits per heavy atom. The molecular weight excluding hydrogens is 428 g/mol. The fourth-order valence-corrected chi connectivity index (χ4v) is 6.36. The Morgan fingerprint density at radius 1 is 0.818 bits per heavy atom. The average molecular weight is 465 g/mol. The van der Waals surface area contributed by atoms with Gasteiger partial charge in [0.05, 0.1) is 0 Å². The van der Waals surface area contributed by atoms with E-state index in [0.717, 1.165) is 48.1 Å². The SMILES string of the molecule is CCC[C@H]1CC[C@H]([C@H]2CC[C@H](CCc3ccc4c(F)c(OC(F)(F)F)ccc4c3)CC2)CC1. The van der Waals surface area contributed by atoms with E-state index in [1.165, 1.54) is 70.3 Å². The van der Waals surface area contributed by atoms with Crippen molar-refractivity contribution in [2.75, 3.05) is 0 Å². The molecule has 0 radical (unpaired) electrons. The molecule has 0 bridgehead atoms. The van der Waals surface area contributed by atoms with Crippen LogP contribution in [-0.4, -0.2) is 6.36 Å². The van der Waals surface area contributed by atoms with Gasteiger partial charge >= 0.3 is 6.36 Å². The van der Waals surface area contributed by atoms with Crippen LogP contribution >= 0.6 is 0 Å². The summed E-state index contributed by atoms with van der Waals surface area (Å²) in [5, 5.41) is 0.775. The van der Waals surface area contributed by atoms with Crippen LogP contribution in [0, 0.1) is 29.5 Å². The summed E-state index contributed by atoms with van der Waals surface area (Å²) in [5.74, 6) is 1.84. The molecule has 0 unspecified atom stereocenters. The lowest BCUT2D eigenvalue weighted by molar-refractivity contribution is -0.275. The largest absolute Gasteiger partial charge is 0.573 e. The number of hydrogen-bond donors (Lipinski definition) is 0. The van der Waals surface area contributed by atoms with Crippen LogP contribution < -0.4 is 4.74 Å². The summed E-state index contributed by atoms with van der Waals surface area (Å²) in [4.78, 5) is 0. The van der Waals surface area contributed by atoms with Crippen molar-refractivity contribution in [3.63, 3.8) is 0 Å². The van der Waals surface area contributed by atoms with Gasteiger partial charge in [0.1, 0.15) is 0 Å². The molecule has 1 nitrogen and oxygen atoms in total. The quantitative estimate of drug-likeness (QED) is 0.371. The molecule has 33 heavy (non-hydrogen) atoms. The van der Waals surface area contributed by atoms with E-state index in [-0.39, 0.29) is 5.39 Å². The van der Waals surface area contributed by atoms with Gasteiger partial charge in [0.2, 0.25) is 0 Å². The van der Waals surface area contributed by atoms with Crippen molar-refractivity contribution in [1.82, 2.24) is 0 Å². The van der Waals surface area contributed by atoms with E-state index in [4.69, 9.17) is 0 Å². The van der Waals surface area contributed by atoms with Gasteiger partial charge in [-0.1, -0.05) is 69.7 Å². The lowest BCUT2D eigenvalue weighted by atomic mass is 9.68. The van der Waals surface area contributed by atoms with Gasteiger partial charge in [-0.15, -0.1) is 13.2 Å². The third kappa shape index (κ3) is 6.42. The molecule has 2 saturated carbocycles. The van der Waals surface area contributed by atoms with Gasteiger partial charge in [0.15, 0.2) is 11.6 Å². The zero-order valence-corrected chi connectivity index (χ0v) is 19.6. The summed E-state index contributed by atoms with van der Waals surface area (Å²) in [6.07, 6.45) is 10.9. The molecule has 0 saturated heterocycles. The van der Waals surface area contributed by atoms with Crippen LogP contribution in [0.4, 0.5) is 17.6 Å². The maximum Gasteiger partial charge on any atom is 0.573 e. The first-order valence-corrected chi connectivity index (χ1v) is 12.8. The van der Waals surface area contributed by atoms with E-state index >= 15 is 0 Å². The van der Waals surface area contributed by atoms with Crippen molar-refractivity contribution >= 4 is 10.8 Å². The Morgan fingerprint density at radius 2 is 1.42 bits per heavy atom. The highest BCUT2D eigenvalue weighted by molar-refractivity contribution is 5.85. The van der Waals surface area contributed by atoms with Crippen LogP contribution in [0.3, 0.4) is 0 Å². The summed E-state index contributed by atoms with van der Waals surface area (Å²) in [6, 6.07) is 7.88. The van der Waals surface area contributed by atoms with E-state index in [0.29, 0.717) is 5.39 Å². The van der Waals surface area contributed by atoms with Gasteiger partial charge in [0, 0.05) is 5.39 Å². The van der Waals surface area contributed by atoms with Gasteiger partial charge in [-0.3, -0.25) is 0 Å². The highest BCUT2D eigenvalue weighted by Gasteiger charge is 2.33. The number of hydrogen-bond acceptors (Lipinski definition) is 1. The molecule has 2 aliphatic carbocycles. The predicted molar refractivity (Wildman–Crippen MR) is 125 cm³/mol. The molecule has 2 aromatic rings. The third-order valence-corrected chi connectivity index (χ3v) is 8.20. The molecule has 0 aliphatic heterocycles. The van der Waals surface area contributed by atoms with Crippen LogP contribution in [-0.2, 0) is 6.42 Å². The monoisotopic (exact) mass is 464 g/mol. The Labute approximate surface area is 194 Å². The molecular formula is C28H36F4O. The van der Waals surface area contributed by atoms with Crippen molar-refractivity contribution in [2.45, 2.75) is 90.3 Å². The van der Waals surface area contributed by atoms with Crippen molar-refractivity contribution in [2.24, 2.45) is 23.7 Å². The molecule has 0 heterocycles. The smallest absolute Gasteiger partial charge is 0.403 e. The van der Waals surface area contributed by atoms with Crippen LogP contribution in [0.1, 0.15) is 83.1 Å². The first-order chi connectivity index (χ1) is 15.8. The van der Waals surface area contributed by atoms with Crippen LogP contribution in [0.25, 0.3) is 10.8 Å². The molecule has 2 aliphatic rings. The van der Waals surface area contributed by atoms with Crippen molar-refractivity contribution in [1.29, 1.82) is 0 Å². The minimum absolute atomic E-state index is 0.162. The first kappa shape index (κ1) is 24.3. The summed E-state index contributed by atoms with van der Waals surface area (Å²) in [6.45, 7) is 2.30. The van der Waals surface area contributed by atoms with Gasteiger partial charge in [-0.2, -0.15) is 0 Å². The van der Waals surface area contributed by atoms with Crippen molar-refractivity contribution in [3.05, 3.63) is 41.7 Å². The van der Waals surface area contributed by atoms with Gasteiger partial charge < -0.3 is 4.74 Å². The lowest BCUT2D eigenvalue weighted by Crippen LogP contribution is -2.26. The molecule has 0 amide bonds. The summed E-state index contributed by atoms with van der Waals surface area (Å²) < 4.78 is 55.6. The fraction of sp³-hybridized carbons (Fsp3) is 0.643. The molecule has 5 heteroatoms. The molecule has 0 N–H and O–H groups in total. The lowest BCUT2D eigenvalue weighted by Gasteiger charge is -2.38. The van der Waals surface area contributed by atoms with E-state index in [2.05, 4.69) is 11.7 Å². The standard InChI is InChI=1S/C28H36F4O/c1-2-3-19-6-11-22(12-7-19)23-13-8-20(9-14-23)4-5-21-10-16-25-24(18-21)15-17-26(27(25)29)33-28(30,31)32/h10,15-20,22-23H,2-9,11-14H2,1H3/t19-,20-,22-,23-. The molecule has 0 atom stereocenters. The topological polar surface area (TPSA) is 9.23 Å². The normalized spacial score (nSPS) is 26.5. The maximum absolute atomic E-state index is 14.4. The minimum Gasteiger partial charge on any atom is -0.403 e. The second-order valence-corrected chi connectivity index (χ2v) is 10.4. The maximum atomic E-state index is 14.4. The van der Waals surface area contributed by atoms with Gasteiger partial charge in [0.25, 0.3) is 0 Å². The van der Waals surface area contributed by atoms with E-state index in [9.17, 15) is 17.6 Å². The Balaban J connectivity index is 1.27. The van der Waals surface area contributed by atoms with Crippen molar-refractivity contribution in [3.8, 4) is 5.75 Å². The number of benzene rings is 2. The predicted octanol–water partition coefficient (Wildman–Crippen LogP) is 9.22. The minimum atomic E-state index is -4.90. The molecule has 4 rings (SSSR count). The highest BCUT2D eigenvalue weighted by atomic mass is 19.4. The molecule has 0 aromatic heterocycles. The van der Waals surface area contributed by atoms with Crippen LogP contribution in [0.5, 0.6) is 5.75 Å². The molecule has 182 valence electrons. The van der Waals surface area contributed by atoms with E-state index < -0.39 is 17.9 Å². The molecule has 2 aromatic carbocycles. The van der Waals surface area contributed by atoms with Crippen LogP contribution in [0.2, 0.25) is 0 Å².